The van der Waals surface area contributed by atoms with Crippen LogP contribution in [0.1, 0.15) is 48.0 Å². The fraction of sp³-hybridized carbons (Fsp3) is 0.455. The number of alkyl halides is 3. The number of carbonyl (C=O) groups is 2. The highest BCUT2D eigenvalue weighted by atomic mass is 32.1. The van der Waals surface area contributed by atoms with E-state index in [2.05, 4.69) is 26.1 Å². The van der Waals surface area contributed by atoms with E-state index in [1.165, 1.54) is 7.11 Å². The Hall–Kier alpha value is -2.55. The van der Waals surface area contributed by atoms with Gasteiger partial charge in [0.1, 0.15) is 10.8 Å². The van der Waals surface area contributed by atoms with E-state index in [0.29, 0.717) is 35.8 Å². The van der Waals surface area contributed by atoms with Gasteiger partial charge in [-0.1, -0.05) is 32.9 Å². The van der Waals surface area contributed by atoms with Gasteiger partial charge in [-0.15, -0.1) is 11.3 Å². The van der Waals surface area contributed by atoms with Crippen LogP contribution in [0.2, 0.25) is 0 Å². The molecule has 1 aliphatic carbocycles. The van der Waals surface area contributed by atoms with E-state index in [9.17, 15) is 22.8 Å². The van der Waals surface area contributed by atoms with Crippen LogP contribution in [0.15, 0.2) is 24.3 Å². The molecule has 0 fully saturated rings. The molecule has 3 rings (SSSR count). The van der Waals surface area contributed by atoms with Gasteiger partial charge >= 0.3 is 12.1 Å². The number of para-hydroxylation sites is 2. The zero-order valence-electron chi connectivity index (χ0n) is 17.8. The first-order valence-electron chi connectivity index (χ1n) is 9.89. The number of thiophene rings is 1. The fourth-order valence-electron chi connectivity index (χ4n) is 3.76. The number of fused-ring (bicyclic) bond motifs is 1. The molecule has 0 unspecified atom stereocenters. The van der Waals surface area contributed by atoms with Gasteiger partial charge in [0, 0.05) is 4.88 Å². The van der Waals surface area contributed by atoms with Gasteiger partial charge in [0.15, 0.2) is 0 Å². The summed E-state index contributed by atoms with van der Waals surface area (Å²) in [6, 6.07) is 6.75. The molecule has 1 atom stereocenters. The Labute approximate surface area is 183 Å². The maximum Gasteiger partial charge on any atom is 0.471 e. The van der Waals surface area contributed by atoms with Gasteiger partial charge < -0.3 is 15.4 Å². The number of nitrogens with one attached hydrogen (secondary N) is 2. The Morgan fingerprint density at radius 1 is 1.13 bits per heavy atom. The summed E-state index contributed by atoms with van der Waals surface area (Å²) in [6.45, 7) is 6.37. The van der Waals surface area contributed by atoms with Crippen molar-refractivity contribution in [3.05, 3.63) is 40.3 Å². The molecule has 1 aromatic carbocycles. The van der Waals surface area contributed by atoms with Crippen LogP contribution < -0.4 is 15.4 Å². The maximum absolute atomic E-state index is 13.2. The molecule has 9 heteroatoms. The zero-order chi connectivity index (χ0) is 23.0. The molecule has 0 saturated heterocycles. The molecule has 0 aliphatic heterocycles. The summed E-state index contributed by atoms with van der Waals surface area (Å²) in [4.78, 5) is 25.6. The van der Waals surface area contributed by atoms with Crippen LogP contribution in [0.3, 0.4) is 0 Å². The van der Waals surface area contributed by atoms with Crippen LogP contribution in [0.25, 0.3) is 0 Å². The highest BCUT2D eigenvalue weighted by molar-refractivity contribution is 7.17. The van der Waals surface area contributed by atoms with Crippen LogP contribution in [0.4, 0.5) is 23.9 Å². The van der Waals surface area contributed by atoms with E-state index in [4.69, 9.17) is 4.74 Å². The number of hydrogen-bond donors (Lipinski definition) is 2. The van der Waals surface area contributed by atoms with Crippen LogP contribution in [-0.2, 0) is 17.6 Å². The number of rotatable bonds is 4. The van der Waals surface area contributed by atoms with Crippen molar-refractivity contribution >= 4 is 33.8 Å². The maximum atomic E-state index is 13.2. The van der Waals surface area contributed by atoms with Gasteiger partial charge in [-0.3, -0.25) is 9.59 Å². The van der Waals surface area contributed by atoms with Gasteiger partial charge in [-0.2, -0.15) is 13.2 Å². The van der Waals surface area contributed by atoms with E-state index in [0.717, 1.165) is 22.6 Å². The first kappa shape index (κ1) is 23.1. The molecule has 168 valence electrons. The van der Waals surface area contributed by atoms with Crippen LogP contribution >= 0.6 is 11.3 Å². The third kappa shape index (κ3) is 5.03. The normalized spacial score (nSPS) is 16.4. The molecular formula is C22H25F3N2O3S. The van der Waals surface area contributed by atoms with Crippen molar-refractivity contribution in [2.45, 2.75) is 46.2 Å². The molecule has 5 nitrogen and oxygen atoms in total. The minimum absolute atomic E-state index is 0.0247. The minimum atomic E-state index is -5.05. The molecule has 31 heavy (non-hydrogen) atoms. The van der Waals surface area contributed by atoms with E-state index in [1.54, 1.807) is 24.3 Å². The average molecular weight is 455 g/mol. The smallest absolute Gasteiger partial charge is 0.471 e. The van der Waals surface area contributed by atoms with Crippen molar-refractivity contribution in [1.82, 2.24) is 0 Å². The molecular weight excluding hydrogens is 429 g/mol. The Morgan fingerprint density at radius 2 is 1.81 bits per heavy atom. The zero-order valence-corrected chi connectivity index (χ0v) is 18.6. The van der Waals surface area contributed by atoms with Gasteiger partial charge in [-0.25, -0.2) is 0 Å². The lowest BCUT2D eigenvalue weighted by molar-refractivity contribution is -0.167. The summed E-state index contributed by atoms with van der Waals surface area (Å²) in [6.07, 6.45) is -3.02. The molecule has 0 radical (unpaired) electrons. The fourth-order valence-corrected chi connectivity index (χ4v) is 5.08. The predicted molar refractivity (Wildman–Crippen MR) is 115 cm³/mol. The second-order valence-electron chi connectivity index (χ2n) is 8.62. The summed E-state index contributed by atoms with van der Waals surface area (Å²) >= 11 is 1.05. The van der Waals surface area contributed by atoms with Gasteiger partial charge in [0.25, 0.3) is 5.91 Å². The quantitative estimate of drug-likeness (QED) is 0.626. The van der Waals surface area contributed by atoms with Crippen molar-refractivity contribution < 1.29 is 27.5 Å². The van der Waals surface area contributed by atoms with Gasteiger partial charge in [0.2, 0.25) is 0 Å². The average Bonchev–Trinajstić information content (AvgIpc) is 3.04. The third-order valence-electron chi connectivity index (χ3n) is 5.56. The first-order chi connectivity index (χ1) is 14.4. The predicted octanol–water partition coefficient (Wildman–Crippen LogP) is 5.66. The molecule has 1 aromatic heterocycles. The van der Waals surface area contributed by atoms with Gasteiger partial charge in [-0.05, 0) is 48.3 Å². The third-order valence-corrected chi connectivity index (χ3v) is 6.73. The summed E-state index contributed by atoms with van der Waals surface area (Å²) < 4.78 is 43.9. The second kappa shape index (κ2) is 8.53. The van der Waals surface area contributed by atoms with Crippen LogP contribution in [0.5, 0.6) is 5.75 Å². The molecule has 0 spiro atoms. The molecule has 2 aromatic rings. The Balaban J connectivity index is 2.00. The van der Waals surface area contributed by atoms with Crippen molar-refractivity contribution in [2.75, 3.05) is 17.7 Å². The summed E-state index contributed by atoms with van der Waals surface area (Å²) in [5, 5.41) is 4.56. The molecule has 1 heterocycles. The minimum Gasteiger partial charge on any atom is -0.495 e. The van der Waals surface area contributed by atoms with Crippen LogP contribution in [-0.4, -0.2) is 25.1 Å². The molecule has 2 N–H and O–H groups in total. The van der Waals surface area contributed by atoms with E-state index in [-0.39, 0.29) is 16.0 Å². The van der Waals surface area contributed by atoms with Crippen LogP contribution in [0, 0.1) is 11.3 Å². The van der Waals surface area contributed by atoms with Crippen molar-refractivity contribution in [3.8, 4) is 5.75 Å². The summed E-state index contributed by atoms with van der Waals surface area (Å²) in [5.74, 6) is -1.91. The number of amides is 2. The highest BCUT2D eigenvalue weighted by Gasteiger charge is 2.41. The Morgan fingerprint density at radius 3 is 2.42 bits per heavy atom. The standard InChI is InChI=1S/C22H25F3N2O3S/c1-21(2,3)12-9-10-13-16(11-12)31-19(27-20(29)22(23,24)25)17(13)18(28)26-14-7-5-6-8-15(14)30-4/h5-8,12H,9-11H2,1-4H3,(H,26,28)(H,27,29)/t12-/m1/s1. The topological polar surface area (TPSA) is 67.4 Å². The number of ether oxygens (including phenoxy) is 1. The first-order valence-corrected chi connectivity index (χ1v) is 10.7. The number of carbonyl (C=O) groups excluding carboxylic acids is 2. The Kier molecular flexibility index (Phi) is 6.36. The number of halogens is 3. The monoisotopic (exact) mass is 454 g/mol. The van der Waals surface area contributed by atoms with E-state index < -0.39 is 18.0 Å². The highest BCUT2D eigenvalue weighted by Crippen LogP contribution is 2.45. The molecule has 0 saturated carbocycles. The number of benzene rings is 1. The van der Waals surface area contributed by atoms with E-state index >= 15 is 0 Å². The number of anilines is 2. The summed E-state index contributed by atoms with van der Waals surface area (Å²) in [7, 11) is 1.46. The second-order valence-corrected chi connectivity index (χ2v) is 9.73. The lowest BCUT2D eigenvalue weighted by Gasteiger charge is -2.33. The number of methoxy groups -OCH3 is 1. The SMILES string of the molecule is COc1ccccc1NC(=O)c1c(NC(=O)C(F)(F)F)sc2c1CC[C@@H](C(C)(C)C)C2. The van der Waals surface area contributed by atoms with E-state index in [1.807, 2.05) is 5.32 Å². The molecule has 1 aliphatic rings. The molecule has 2 amide bonds. The van der Waals surface area contributed by atoms with Crippen molar-refractivity contribution in [3.63, 3.8) is 0 Å². The van der Waals surface area contributed by atoms with Crippen molar-refractivity contribution in [1.29, 1.82) is 0 Å². The number of hydrogen-bond acceptors (Lipinski definition) is 4. The Bertz CT molecular complexity index is 993. The van der Waals surface area contributed by atoms with Crippen molar-refractivity contribution in [2.24, 2.45) is 11.3 Å². The van der Waals surface area contributed by atoms with Gasteiger partial charge in [0.05, 0.1) is 18.4 Å². The lowest BCUT2D eigenvalue weighted by Crippen LogP contribution is -2.30. The largest absolute Gasteiger partial charge is 0.495 e. The lowest BCUT2D eigenvalue weighted by atomic mass is 9.72. The summed E-state index contributed by atoms with van der Waals surface area (Å²) in [5.41, 5.74) is 1.22. The molecule has 0 bridgehead atoms.